The zero-order valence-corrected chi connectivity index (χ0v) is 9.35. The van der Waals surface area contributed by atoms with E-state index in [-0.39, 0.29) is 6.61 Å². The molecule has 1 unspecified atom stereocenters. The van der Waals surface area contributed by atoms with Crippen LogP contribution in [-0.2, 0) is 6.54 Å². The van der Waals surface area contributed by atoms with E-state index in [0.29, 0.717) is 6.54 Å². The predicted molar refractivity (Wildman–Crippen MR) is 60.6 cm³/mol. The second-order valence-electron chi connectivity index (χ2n) is 4.02. The monoisotopic (exact) mass is 209 g/mol. The van der Waals surface area contributed by atoms with Gasteiger partial charge in [-0.2, -0.15) is 0 Å². The SMILES string of the molecule is Cc1cccc(CN(C)CC(O)CO)c1. The van der Waals surface area contributed by atoms with Gasteiger partial charge in [-0.15, -0.1) is 0 Å². The maximum atomic E-state index is 9.27. The number of aliphatic hydroxyl groups is 2. The fourth-order valence-corrected chi connectivity index (χ4v) is 1.60. The van der Waals surface area contributed by atoms with Crippen LogP contribution in [0.5, 0.6) is 0 Å². The minimum atomic E-state index is -0.653. The molecule has 15 heavy (non-hydrogen) atoms. The number of hydrogen-bond acceptors (Lipinski definition) is 3. The molecule has 3 nitrogen and oxygen atoms in total. The van der Waals surface area contributed by atoms with Gasteiger partial charge in [0.15, 0.2) is 0 Å². The third-order valence-electron chi connectivity index (χ3n) is 2.27. The van der Waals surface area contributed by atoms with Crippen LogP contribution in [0.15, 0.2) is 24.3 Å². The van der Waals surface area contributed by atoms with Crippen molar-refractivity contribution in [3.8, 4) is 0 Å². The molecule has 0 saturated carbocycles. The summed E-state index contributed by atoms with van der Waals surface area (Å²) in [6, 6.07) is 8.28. The number of aryl methyl sites for hydroxylation is 1. The molecule has 0 heterocycles. The smallest absolute Gasteiger partial charge is 0.0897 e. The molecule has 0 fully saturated rings. The molecule has 0 aliphatic carbocycles. The van der Waals surface area contributed by atoms with Crippen molar-refractivity contribution in [2.24, 2.45) is 0 Å². The van der Waals surface area contributed by atoms with Gasteiger partial charge in [0.25, 0.3) is 0 Å². The van der Waals surface area contributed by atoms with Gasteiger partial charge in [0.05, 0.1) is 12.7 Å². The Hall–Kier alpha value is -0.900. The summed E-state index contributed by atoms with van der Waals surface area (Å²) in [4.78, 5) is 2.00. The lowest BCUT2D eigenvalue weighted by Gasteiger charge is -2.19. The first-order valence-corrected chi connectivity index (χ1v) is 5.15. The van der Waals surface area contributed by atoms with E-state index < -0.39 is 6.10 Å². The lowest BCUT2D eigenvalue weighted by molar-refractivity contribution is 0.0648. The molecule has 0 spiro atoms. The van der Waals surface area contributed by atoms with Crippen LogP contribution in [-0.4, -0.2) is 41.4 Å². The van der Waals surface area contributed by atoms with Gasteiger partial charge >= 0.3 is 0 Å². The molecule has 3 heteroatoms. The Bertz CT molecular complexity index is 301. The highest BCUT2D eigenvalue weighted by Crippen LogP contribution is 2.06. The van der Waals surface area contributed by atoms with E-state index in [9.17, 15) is 5.11 Å². The van der Waals surface area contributed by atoms with Gasteiger partial charge < -0.3 is 10.2 Å². The fourth-order valence-electron chi connectivity index (χ4n) is 1.60. The summed E-state index contributed by atoms with van der Waals surface area (Å²) < 4.78 is 0. The third-order valence-corrected chi connectivity index (χ3v) is 2.27. The Morgan fingerprint density at radius 1 is 1.40 bits per heavy atom. The Morgan fingerprint density at radius 2 is 2.13 bits per heavy atom. The van der Waals surface area contributed by atoms with Crippen molar-refractivity contribution in [3.63, 3.8) is 0 Å². The van der Waals surface area contributed by atoms with E-state index in [1.54, 1.807) is 0 Å². The lowest BCUT2D eigenvalue weighted by Crippen LogP contribution is -2.30. The second kappa shape index (κ2) is 5.85. The van der Waals surface area contributed by atoms with Crippen molar-refractivity contribution in [2.75, 3.05) is 20.2 Å². The lowest BCUT2D eigenvalue weighted by atomic mass is 10.1. The third kappa shape index (κ3) is 4.42. The minimum absolute atomic E-state index is 0.182. The van der Waals surface area contributed by atoms with E-state index in [2.05, 4.69) is 25.1 Å². The quantitative estimate of drug-likeness (QED) is 0.753. The second-order valence-corrected chi connectivity index (χ2v) is 4.02. The zero-order chi connectivity index (χ0) is 11.3. The molecule has 1 rings (SSSR count). The highest BCUT2D eigenvalue weighted by atomic mass is 16.3. The minimum Gasteiger partial charge on any atom is -0.394 e. The molecule has 0 aliphatic heterocycles. The Labute approximate surface area is 91.0 Å². The van der Waals surface area contributed by atoms with Crippen molar-refractivity contribution in [3.05, 3.63) is 35.4 Å². The summed E-state index contributed by atoms with van der Waals surface area (Å²) >= 11 is 0. The maximum Gasteiger partial charge on any atom is 0.0897 e. The van der Waals surface area contributed by atoms with Crippen LogP contribution in [0.2, 0.25) is 0 Å². The molecule has 1 aromatic rings. The molecule has 0 bridgehead atoms. The summed E-state index contributed by atoms with van der Waals surface area (Å²) in [7, 11) is 1.93. The zero-order valence-electron chi connectivity index (χ0n) is 9.35. The number of rotatable bonds is 5. The molecule has 0 amide bonds. The Kier molecular flexibility index (Phi) is 4.75. The molecule has 0 aliphatic rings. The average Bonchev–Trinajstić information content (AvgIpc) is 2.17. The first-order chi connectivity index (χ1) is 7.11. The number of aliphatic hydroxyl groups excluding tert-OH is 2. The summed E-state index contributed by atoms with van der Waals surface area (Å²) in [5, 5.41) is 18.0. The molecule has 1 aromatic carbocycles. The van der Waals surface area contributed by atoms with Crippen molar-refractivity contribution >= 4 is 0 Å². The van der Waals surface area contributed by atoms with Crippen molar-refractivity contribution in [2.45, 2.75) is 19.6 Å². The average molecular weight is 209 g/mol. The van der Waals surface area contributed by atoms with Gasteiger partial charge in [-0.3, -0.25) is 4.90 Å². The molecule has 2 N–H and O–H groups in total. The maximum absolute atomic E-state index is 9.27. The van der Waals surface area contributed by atoms with Gasteiger partial charge in [0.1, 0.15) is 0 Å². The number of hydrogen-bond donors (Lipinski definition) is 2. The summed E-state index contributed by atoms with van der Waals surface area (Å²) in [5.74, 6) is 0. The standard InChI is InChI=1S/C12H19NO2/c1-10-4-3-5-11(6-10)7-13(2)8-12(15)9-14/h3-6,12,14-15H,7-9H2,1-2H3. The predicted octanol–water partition coefficient (Wildman–Crippen LogP) is 0.780. The summed E-state index contributed by atoms with van der Waals surface area (Å²) in [5.41, 5.74) is 2.46. The first kappa shape index (κ1) is 12.2. The highest BCUT2D eigenvalue weighted by Gasteiger charge is 2.06. The van der Waals surface area contributed by atoms with E-state index >= 15 is 0 Å². The van der Waals surface area contributed by atoms with Crippen LogP contribution >= 0.6 is 0 Å². The van der Waals surface area contributed by atoms with Gasteiger partial charge in [-0.05, 0) is 19.5 Å². The number of nitrogens with zero attached hydrogens (tertiary/aromatic N) is 1. The van der Waals surface area contributed by atoms with Crippen LogP contribution in [0.4, 0.5) is 0 Å². The largest absolute Gasteiger partial charge is 0.394 e. The first-order valence-electron chi connectivity index (χ1n) is 5.15. The van der Waals surface area contributed by atoms with Gasteiger partial charge in [0, 0.05) is 13.1 Å². The van der Waals surface area contributed by atoms with Crippen molar-refractivity contribution < 1.29 is 10.2 Å². The highest BCUT2D eigenvalue weighted by molar-refractivity contribution is 5.21. The van der Waals surface area contributed by atoms with Gasteiger partial charge in [-0.25, -0.2) is 0 Å². The van der Waals surface area contributed by atoms with Crippen LogP contribution < -0.4 is 0 Å². The van der Waals surface area contributed by atoms with E-state index in [0.717, 1.165) is 6.54 Å². The van der Waals surface area contributed by atoms with E-state index in [1.807, 2.05) is 18.0 Å². The molecular formula is C12H19NO2. The summed E-state index contributed by atoms with van der Waals surface area (Å²) in [6.07, 6.45) is -0.653. The van der Waals surface area contributed by atoms with Crippen LogP contribution in [0.25, 0.3) is 0 Å². The number of benzene rings is 1. The van der Waals surface area contributed by atoms with Gasteiger partial charge in [0.2, 0.25) is 0 Å². The molecule has 0 aromatic heterocycles. The van der Waals surface area contributed by atoms with Crippen LogP contribution in [0, 0.1) is 6.92 Å². The van der Waals surface area contributed by atoms with Gasteiger partial charge in [-0.1, -0.05) is 29.8 Å². The Balaban J connectivity index is 2.47. The topological polar surface area (TPSA) is 43.7 Å². The molecule has 84 valence electrons. The molecular weight excluding hydrogens is 190 g/mol. The van der Waals surface area contributed by atoms with Crippen LogP contribution in [0.1, 0.15) is 11.1 Å². The van der Waals surface area contributed by atoms with E-state index in [1.165, 1.54) is 11.1 Å². The molecule has 0 radical (unpaired) electrons. The number of likely N-dealkylation sites (N-methyl/N-ethyl adjacent to an activating group) is 1. The summed E-state index contributed by atoms with van der Waals surface area (Å²) in [6.45, 7) is 3.16. The van der Waals surface area contributed by atoms with Crippen molar-refractivity contribution in [1.29, 1.82) is 0 Å². The van der Waals surface area contributed by atoms with Crippen LogP contribution in [0.3, 0.4) is 0 Å². The Morgan fingerprint density at radius 3 is 2.73 bits per heavy atom. The normalized spacial score (nSPS) is 13.1. The van der Waals surface area contributed by atoms with Crippen molar-refractivity contribution in [1.82, 2.24) is 4.90 Å². The molecule has 1 atom stereocenters. The van der Waals surface area contributed by atoms with E-state index in [4.69, 9.17) is 5.11 Å². The molecule has 0 saturated heterocycles. The fraction of sp³-hybridized carbons (Fsp3) is 0.500.